The number of hydrogen-bond acceptors (Lipinski definition) is 2. The topological polar surface area (TPSA) is 15.3 Å². The van der Waals surface area contributed by atoms with Crippen LogP contribution >= 0.6 is 0 Å². The number of likely N-dealkylation sites (N-methyl/N-ethyl adjacent to an activating group) is 1. The fraction of sp³-hybridized carbons (Fsp3) is 0.625. The molecule has 0 radical (unpaired) electrons. The van der Waals surface area contributed by atoms with E-state index in [9.17, 15) is 0 Å². The van der Waals surface area contributed by atoms with Crippen molar-refractivity contribution in [3.63, 3.8) is 0 Å². The van der Waals surface area contributed by atoms with E-state index in [1.54, 1.807) is 0 Å². The third-order valence-electron chi connectivity index (χ3n) is 3.90. The van der Waals surface area contributed by atoms with Crippen LogP contribution in [0.1, 0.15) is 39.2 Å². The Morgan fingerprint density at radius 3 is 2.83 bits per heavy atom. The molecule has 0 saturated heterocycles. The molecule has 0 amide bonds. The van der Waals surface area contributed by atoms with Crippen LogP contribution in [0.25, 0.3) is 0 Å². The lowest BCUT2D eigenvalue weighted by Gasteiger charge is -2.30. The second-order valence-electron chi connectivity index (χ2n) is 5.38. The molecule has 18 heavy (non-hydrogen) atoms. The van der Waals surface area contributed by atoms with Crippen LogP contribution in [0.4, 0.5) is 5.69 Å². The molecule has 2 nitrogen and oxygen atoms in total. The standard InChI is InChI=1S/C16H26N2/c1-4-8-15(17-5-2)12-18-13(3)11-14-9-6-7-10-16(14)18/h6-7,9-10,13,15,17H,4-5,8,11-12H2,1-3H3. The summed E-state index contributed by atoms with van der Waals surface area (Å²) in [6, 6.07) is 10.1. The predicted octanol–water partition coefficient (Wildman–Crippen LogP) is 3.22. The van der Waals surface area contributed by atoms with Crippen molar-refractivity contribution in [2.24, 2.45) is 0 Å². The maximum absolute atomic E-state index is 3.62. The SMILES string of the molecule is CCCC(CN1c2ccccc2CC1C)NCC. The third-order valence-corrected chi connectivity index (χ3v) is 3.90. The first-order valence-corrected chi connectivity index (χ1v) is 7.34. The summed E-state index contributed by atoms with van der Waals surface area (Å²) < 4.78 is 0. The van der Waals surface area contributed by atoms with Crippen LogP contribution in [0.5, 0.6) is 0 Å². The highest BCUT2D eigenvalue weighted by molar-refractivity contribution is 5.59. The molecule has 2 unspecified atom stereocenters. The number of nitrogens with one attached hydrogen (secondary N) is 1. The summed E-state index contributed by atoms with van der Waals surface area (Å²) in [7, 11) is 0. The minimum Gasteiger partial charge on any atom is -0.367 e. The Morgan fingerprint density at radius 1 is 1.33 bits per heavy atom. The summed E-state index contributed by atoms with van der Waals surface area (Å²) in [5, 5.41) is 3.62. The van der Waals surface area contributed by atoms with Crippen molar-refractivity contribution in [2.45, 2.75) is 52.1 Å². The third kappa shape index (κ3) is 2.86. The minimum absolute atomic E-state index is 0.619. The van der Waals surface area contributed by atoms with Gasteiger partial charge < -0.3 is 10.2 Å². The van der Waals surface area contributed by atoms with Crippen LogP contribution in [0.3, 0.4) is 0 Å². The number of fused-ring (bicyclic) bond motifs is 1. The second kappa shape index (κ2) is 6.24. The Kier molecular flexibility index (Phi) is 4.65. The van der Waals surface area contributed by atoms with E-state index in [-0.39, 0.29) is 0 Å². The zero-order chi connectivity index (χ0) is 13.0. The summed E-state index contributed by atoms with van der Waals surface area (Å²) in [6.45, 7) is 9.01. The van der Waals surface area contributed by atoms with Crippen molar-refractivity contribution in [2.75, 3.05) is 18.0 Å². The summed E-state index contributed by atoms with van der Waals surface area (Å²) in [5.41, 5.74) is 2.96. The predicted molar refractivity (Wildman–Crippen MR) is 79.3 cm³/mol. The molecule has 100 valence electrons. The van der Waals surface area contributed by atoms with E-state index < -0.39 is 0 Å². The first-order chi connectivity index (χ1) is 8.76. The number of anilines is 1. The van der Waals surface area contributed by atoms with E-state index in [2.05, 4.69) is 55.3 Å². The zero-order valence-corrected chi connectivity index (χ0v) is 11.9. The number of para-hydroxylation sites is 1. The van der Waals surface area contributed by atoms with E-state index >= 15 is 0 Å². The molecule has 0 aromatic heterocycles. The van der Waals surface area contributed by atoms with Gasteiger partial charge in [-0.1, -0.05) is 38.5 Å². The van der Waals surface area contributed by atoms with Gasteiger partial charge in [0, 0.05) is 24.3 Å². The molecule has 0 fully saturated rings. The van der Waals surface area contributed by atoms with Gasteiger partial charge in [-0.3, -0.25) is 0 Å². The van der Waals surface area contributed by atoms with E-state index in [4.69, 9.17) is 0 Å². The minimum atomic E-state index is 0.619. The van der Waals surface area contributed by atoms with Gasteiger partial charge >= 0.3 is 0 Å². The summed E-state index contributed by atoms with van der Waals surface area (Å²) in [4.78, 5) is 2.58. The van der Waals surface area contributed by atoms with Gasteiger partial charge in [0.2, 0.25) is 0 Å². The lowest BCUT2D eigenvalue weighted by atomic mass is 10.1. The fourth-order valence-corrected chi connectivity index (χ4v) is 3.04. The normalized spacial score (nSPS) is 19.9. The molecule has 1 aromatic rings. The Balaban J connectivity index is 2.08. The summed E-state index contributed by atoms with van der Waals surface area (Å²) >= 11 is 0. The number of benzene rings is 1. The second-order valence-corrected chi connectivity index (χ2v) is 5.38. The van der Waals surface area contributed by atoms with Crippen molar-refractivity contribution in [1.29, 1.82) is 0 Å². The van der Waals surface area contributed by atoms with Crippen LogP contribution in [-0.2, 0) is 6.42 Å². The van der Waals surface area contributed by atoms with Gasteiger partial charge in [-0.05, 0) is 37.9 Å². The maximum atomic E-state index is 3.62. The lowest BCUT2D eigenvalue weighted by Crippen LogP contribution is -2.43. The smallest absolute Gasteiger partial charge is 0.0402 e. The molecule has 1 heterocycles. The lowest BCUT2D eigenvalue weighted by molar-refractivity contribution is 0.469. The van der Waals surface area contributed by atoms with Crippen LogP contribution in [0.2, 0.25) is 0 Å². The molecule has 1 N–H and O–H groups in total. The maximum Gasteiger partial charge on any atom is 0.0402 e. The van der Waals surface area contributed by atoms with E-state index in [1.807, 2.05) is 0 Å². The highest BCUT2D eigenvalue weighted by atomic mass is 15.2. The molecule has 2 heteroatoms. The number of rotatable bonds is 6. The molecule has 0 aliphatic carbocycles. The molecule has 0 saturated carbocycles. The van der Waals surface area contributed by atoms with E-state index in [0.29, 0.717) is 12.1 Å². The number of hydrogen-bond donors (Lipinski definition) is 1. The Hall–Kier alpha value is -1.02. The van der Waals surface area contributed by atoms with Gasteiger partial charge in [-0.25, -0.2) is 0 Å². The molecule has 0 spiro atoms. The molecule has 2 rings (SSSR count). The molecule has 1 aliphatic heterocycles. The number of nitrogens with zero attached hydrogens (tertiary/aromatic N) is 1. The molecular weight excluding hydrogens is 220 g/mol. The molecule has 1 aliphatic rings. The van der Waals surface area contributed by atoms with Gasteiger partial charge in [0.15, 0.2) is 0 Å². The average molecular weight is 246 g/mol. The van der Waals surface area contributed by atoms with Crippen molar-refractivity contribution in [1.82, 2.24) is 5.32 Å². The van der Waals surface area contributed by atoms with E-state index in [1.165, 1.54) is 30.5 Å². The van der Waals surface area contributed by atoms with Gasteiger partial charge in [0.1, 0.15) is 0 Å². The Morgan fingerprint density at radius 2 is 2.11 bits per heavy atom. The molecule has 1 aromatic carbocycles. The summed E-state index contributed by atoms with van der Waals surface area (Å²) in [5.74, 6) is 0. The van der Waals surface area contributed by atoms with Crippen LogP contribution < -0.4 is 10.2 Å². The van der Waals surface area contributed by atoms with Gasteiger partial charge in [-0.2, -0.15) is 0 Å². The van der Waals surface area contributed by atoms with Crippen molar-refractivity contribution >= 4 is 5.69 Å². The van der Waals surface area contributed by atoms with E-state index in [0.717, 1.165) is 13.1 Å². The van der Waals surface area contributed by atoms with Crippen LogP contribution in [0.15, 0.2) is 24.3 Å². The first kappa shape index (κ1) is 13.4. The quantitative estimate of drug-likeness (QED) is 0.829. The van der Waals surface area contributed by atoms with Crippen molar-refractivity contribution in [3.05, 3.63) is 29.8 Å². The average Bonchev–Trinajstić information content (AvgIpc) is 2.67. The molecule has 0 bridgehead atoms. The highest BCUT2D eigenvalue weighted by Crippen LogP contribution is 2.31. The van der Waals surface area contributed by atoms with Crippen LogP contribution in [-0.4, -0.2) is 25.2 Å². The first-order valence-electron chi connectivity index (χ1n) is 7.34. The van der Waals surface area contributed by atoms with Crippen LogP contribution in [0, 0.1) is 0 Å². The molecular formula is C16H26N2. The summed E-state index contributed by atoms with van der Waals surface area (Å²) in [6.07, 6.45) is 3.71. The fourth-order valence-electron chi connectivity index (χ4n) is 3.04. The zero-order valence-electron chi connectivity index (χ0n) is 11.9. The van der Waals surface area contributed by atoms with Gasteiger partial charge in [0.25, 0.3) is 0 Å². The Labute approximate surface area is 111 Å². The van der Waals surface area contributed by atoms with Gasteiger partial charge in [0.05, 0.1) is 0 Å². The van der Waals surface area contributed by atoms with Gasteiger partial charge in [-0.15, -0.1) is 0 Å². The largest absolute Gasteiger partial charge is 0.367 e. The van der Waals surface area contributed by atoms with Crippen molar-refractivity contribution in [3.8, 4) is 0 Å². The highest BCUT2D eigenvalue weighted by Gasteiger charge is 2.26. The Bertz CT molecular complexity index is 369. The van der Waals surface area contributed by atoms with Crippen molar-refractivity contribution < 1.29 is 0 Å². The molecule has 2 atom stereocenters. The monoisotopic (exact) mass is 246 g/mol.